The van der Waals surface area contributed by atoms with Crippen LogP contribution in [0.1, 0.15) is 11.1 Å². The molecule has 0 aliphatic rings. The summed E-state index contributed by atoms with van der Waals surface area (Å²) in [6.07, 6.45) is 3.68. The number of nitrogens with zero attached hydrogens (tertiary/aromatic N) is 3. The number of rotatable bonds is 4. The van der Waals surface area contributed by atoms with E-state index in [-0.39, 0.29) is 24.9 Å². The average Bonchev–Trinajstić information content (AvgIpc) is 2.87. The molecule has 0 fully saturated rings. The van der Waals surface area contributed by atoms with Crippen LogP contribution in [0.15, 0.2) is 30.6 Å². The van der Waals surface area contributed by atoms with Crippen LogP contribution < -0.4 is 5.73 Å². The number of carbonyl (C=O) groups is 1. The number of carbonyl (C=O) groups excluding carboxylic acids is 1. The highest BCUT2D eigenvalue weighted by atomic mass is 35.5. The summed E-state index contributed by atoms with van der Waals surface area (Å²) in [5.74, 6) is 0.0204. The Kier molecular flexibility index (Phi) is 5.93. The van der Waals surface area contributed by atoms with Gasteiger partial charge in [-0.2, -0.15) is 5.10 Å². The van der Waals surface area contributed by atoms with Crippen molar-refractivity contribution in [2.45, 2.75) is 20.0 Å². The number of hydrogen-bond acceptors (Lipinski definition) is 3. The van der Waals surface area contributed by atoms with Crippen LogP contribution in [0.4, 0.5) is 0 Å². The minimum Gasteiger partial charge on any atom is -0.347 e. The number of benzene rings is 1. The standard InChI is InChI=1S/C15H20N4O.ClH/c1-11-12(7-16)5-4-6-14(11)13-8-17-19(9-13)10-15(20)18(2)3;/h4-6,8-9H,7,10,16H2,1-3H3;1H. The van der Waals surface area contributed by atoms with Crippen LogP contribution in [0, 0.1) is 6.92 Å². The number of halogens is 1. The zero-order valence-electron chi connectivity index (χ0n) is 12.5. The van der Waals surface area contributed by atoms with Gasteiger partial charge in [0.25, 0.3) is 0 Å². The fraction of sp³-hybridized carbons (Fsp3) is 0.333. The largest absolute Gasteiger partial charge is 0.347 e. The topological polar surface area (TPSA) is 64.1 Å². The summed E-state index contributed by atoms with van der Waals surface area (Å²) in [7, 11) is 3.48. The van der Waals surface area contributed by atoms with Crippen molar-refractivity contribution in [1.82, 2.24) is 14.7 Å². The predicted octanol–water partition coefficient (Wildman–Crippen LogP) is 1.83. The van der Waals surface area contributed by atoms with Gasteiger partial charge in [-0.1, -0.05) is 18.2 Å². The molecule has 0 saturated carbocycles. The first-order valence-electron chi connectivity index (χ1n) is 6.54. The Morgan fingerprint density at radius 2 is 2.10 bits per heavy atom. The Morgan fingerprint density at radius 1 is 1.38 bits per heavy atom. The van der Waals surface area contributed by atoms with Crippen LogP contribution in [-0.4, -0.2) is 34.7 Å². The molecule has 0 spiro atoms. The molecule has 0 saturated heterocycles. The third-order valence-electron chi connectivity index (χ3n) is 3.41. The van der Waals surface area contributed by atoms with Crippen molar-refractivity contribution < 1.29 is 4.79 Å². The molecule has 1 aromatic heterocycles. The van der Waals surface area contributed by atoms with E-state index in [1.807, 2.05) is 24.4 Å². The number of likely N-dealkylation sites (N-methyl/N-ethyl adjacent to an activating group) is 1. The van der Waals surface area contributed by atoms with Crippen molar-refractivity contribution in [3.8, 4) is 11.1 Å². The highest BCUT2D eigenvalue weighted by molar-refractivity contribution is 5.85. The first kappa shape index (κ1) is 17.2. The number of aromatic nitrogens is 2. The van der Waals surface area contributed by atoms with E-state index >= 15 is 0 Å². The molecule has 0 radical (unpaired) electrons. The van der Waals surface area contributed by atoms with Gasteiger partial charge in [0.1, 0.15) is 6.54 Å². The van der Waals surface area contributed by atoms with E-state index in [0.29, 0.717) is 6.54 Å². The second kappa shape index (κ2) is 7.24. The molecule has 1 aromatic carbocycles. The molecule has 21 heavy (non-hydrogen) atoms. The lowest BCUT2D eigenvalue weighted by molar-refractivity contribution is -0.129. The maximum Gasteiger partial charge on any atom is 0.243 e. The molecule has 0 aliphatic heterocycles. The van der Waals surface area contributed by atoms with Crippen molar-refractivity contribution in [2.24, 2.45) is 5.73 Å². The molecule has 0 unspecified atom stereocenters. The van der Waals surface area contributed by atoms with Crippen LogP contribution in [-0.2, 0) is 17.9 Å². The van der Waals surface area contributed by atoms with Crippen LogP contribution in [0.25, 0.3) is 11.1 Å². The highest BCUT2D eigenvalue weighted by Gasteiger charge is 2.10. The molecule has 2 rings (SSSR count). The molecule has 1 heterocycles. The van der Waals surface area contributed by atoms with Gasteiger partial charge in [-0.15, -0.1) is 12.4 Å². The molecular formula is C15H21ClN4O. The van der Waals surface area contributed by atoms with E-state index in [4.69, 9.17) is 5.73 Å². The molecular weight excluding hydrogens is 288 g/mol. The summed E-state index contributed by atoms with van der Waals surface area (Å²) in [6, 6.07) is 6.06. The van der Waals surface area contributed by atoms with Gasteiger partial charge in [-0.3, -0.25) is 9.48 Å². The van der Waals surface area contributed by atoms with Gasteiger partial charge in [-0.05, 0) is 23.6 Å². The number of nitrogens with two attached hydrogens (primary N) is 1. The first-order valence-corrected chi connectivity index (χ1v) is 6.54. The van der Waals surface area contributed by atoms with Crippen LogP contribution in [0.3, 0.4) is 0 Å². The smallest absolute Gasteiger partial charge is 0.243 e. The van der Waals surface area contributed by atoms with Crippen molar-refractivity contribution in [3.63, 3.8) is 0 Å². The van der Waals surface area contributed by atoms with Gasteiger partial charge in [0, 0.05) is 32.4 Å². The van der Waals surface area contributed by atoms with Gasteiger partial charge in [0.15, 0.2) is 0 Å². The Morgan fingerprint density at radius 3 is 2.71 bits per heavy atom. The van der Waals surface area contributed by atoms with Gasteiger partial charge in [-0.25, -0.2) is 0 Å². The summed E-state index contributed by atoms with van der Waals surface area (Å²) < 4.78 is 1.66. The third-order valence-corrected chi connectivity index (χ3v) is 3.41. The minimum absolute atomic E-state index is 0. The molecule has 2 aromatic rings. The Hall–Kier alpha value is -1.85. The predicted molar refractivity (Wildman–Crippen MR) is 86.2 cm³/mol. The maximum absolute atomic E-state index is 11.7. The van der Waals surface area contributed by atoms with Gasteiger partial charge >= 0.3 is 0 Å². The summed E-state index contributed by atoms with van der Waals surface area (Å²) in [6.45, 7) is 2.83. The molecule has 6 heteroatoms. The van der Waals surface area contributed by atoms with E-state index in [1.165, 1.54) is 0 Å². The lowest BCUT2D eigenvalue weighted by Crippen LogP contribution is -2.26. The van der Waals surface area contributed by atoms with Crippen LogP contribution in [0.2, 0.25) is 0 Å². The second-order valence-electron chi connectivity index (χ2n) is 5.01. The van der Waals surface area contributed by atoms with Crippen molar-refractivity contribution in [3.05, 3.63) is 41.7 Å². The quantitative estimate of drug-likeness (QED) is 0.937. The summed E-state index contributed by atoms with van der Waals surface area (Å²) in [5.41, 5.74) is 10.1. The lowest BCUT2D eigenvalue weighted by atomic mass is 9.99. The normalized spacial score (nSPS) is 10.1. The molecule has 0 atom stereocenters. The summed E-state index contributed by atoms with van der Waals surface area (Å²) in [4.78, 5) is 13.2. The van der Waals surface area contributed by atoms with Crippen LogP contribution >= 0.6 is 12.4 Å². The molecule has 0 aliphatic carbocycles. The van der Waals surface area contributed by atoms with Gasteiger partial charge in [0.05, 0.1) is 6.20 Å². The molecule has 114 valence electrons. The van der Waals surface area contributed by atoms with Crippen molar-refractivity contribution >= 4 is 18.3 Å². The summed E-state index contributed by atoms with van der Waals surface area (Å²) in [5, 5.41) is 4.25. The maximum atomic E-state index is 11.7. The molecule has 2 N–H and O–H groups in total. The molecule has 5 nitrogen and oxygen atoms in total. The van der Waals surface area contributed by atoms with Crippen molar-refractivity contribution in [2.75, 3.05) is 14.1 Å². The SMILES string of the molecule is Cc1c(CN)cccc1-c1cnn(CC(=O)N(C)C)c1.Cl. The van der Waals surface area contributed by atoms with Gasteiger partial charge < -0.3 is 10.6 Å². The first-order chi connectivity index (χ1) is 9.52. The Labute approximate surface area is 131 Å². The van der Waals surface area contributed by atoms with E-state index in [2.05, 4.69) is 12.0 Å². The van der Waals surface area contributed by atoms with Crippen LogP contribution in [0.5, 0.6) is 0 Å². The average molecular weight is 309 g/mol. The summed E-state index contributed by atoms with van der Waals surface area (Å²) >= 11 is 0. The fourth-order valence-electron chi connectivity index (χ4n) is 2.09. The zero-order valence-corrected chi connectivity index (χ0v) is 13.4. The molecule has 0 bridgehead atoms. The third kappa shape index (κ3) is 3.83. The number of amides is 1. The highest BCUT2D eigenvalue weighted by Crippen LogP contribution is 2.25. The minimum atomic E-state index is 0. The Balaban J connectivity index is 0.00000220. The van der Waals surface area contributed by atoms with E-state index < -0.39 is 0 Å². The Bertz CT molecular complexity index is 622. The fourth-order valence-corrected chi connectivity index (χ4v) is 2.09. The van der Waals surface area contributed by atoms with Crippen molar-refractivity contribution in [1.29, 1.82) is 0 Å². The molecule has 1 amide bonds. The number of hydrogen-bond donors (Lipinski definition) is 1. The lowest BCUT2D eigenvalue weighted by Gasteiger charge is -2.10. The van der Waals surface area contributed by atoms with Gasteiger partial charge in [0.2, 0.25) is 5.91 Å². The monoisotopic (exact) mass is 308 g/mol. The van der Waals surface area contributed by atoms with E-state index in [9.17, 15) is 4.79 Å². The second-order valence-corrected chi connectivity index (χ2v) is 5.01. The van der Waals surface area contributed by atoms with E-state index in [0.717, 1.165) is 22.3 Å². The van der Waals surface area contributed by atoms with E-state index in [1.54, 1.807) is 29.9 Å². The zero-order chi connectivity index (χ0) is 14.7.